The first-order valence-corrected chi connectivity index (χ1v) is 10.9. The Morgan fingerprint density at radius 2 is 2.06 bits per heavy atom. The number of carbonyl (C=O) groups excluding carboxylic acids is 1. The van der Waals surface area contributed by atoms with Crippen molar-refractivity contribution in [3.05, 3.63) is 65.5 Å². The highest BCUT2D eigenvalue weighted by Gasteiger charge is 2.32. The van der Waals surface area contributed by atoms with E-state index in [0.29, 0.717) is 29.3 Å². The van der Waals surface area contributed by atoms with E-state index in [2.05, 4.69) is 15.1 Å². The molecule has 0 radical (unpaired) electrons. The molecule has 0 saturated heterocycles. The first-order valence-electron chi connectivity index (χ1n) is 9.35. The number of rotatable bonds is 8. The van der Waals surface area contributed by atoms with Gasteiger partial charge in [-0.25, -0.2) is 4.68 Å². The Labute approximate surface area is 186 Å². The summed E-state index contributed by atoms with van der Waals surface area (Å²) in [7, 11) is 0. The van der Waals surface area contributed by atoms with Gasteiger partial charge in [0.25, 0.3) is 0 Å². The van der Waals surface area contributed by atoms with Crippen LogP contribution < -0.4 is 4.90 Å². The third kappa shape index (κ3) is 5.98. The fourth-order valence-corrected chi connectivity index (χ4v) is 3.89. The maximum absolute atomic E-state index is 12.7. The van der Waals surface area contributed by atoms with Crippen LogP contribution in [0.4, 0.5) is 18.9 Å². The summed E-state index contributed by atoms with van der Waals surface area (Å²) in [6.07, 6.45) is 1.98. The van der Waals surface area contributed by atoms with Crippen LogP contribution in [0.1, 0.15) is 24.6 Å². The van der Waals surface area contributed by atoms with Crippen molar-refractivity contribution >= 4 is 35.0 Å². The molecule has 0 bridgehead atoms. The zero-order valence-electron chi connectivity index (χ0n) is 16.5. The van der Waals surface area contributed by atoms with E-state index in [-0.39, 0.29) is 17.5 Å². The molecule has 11 heteroatoms. The molecule has 0 aliphatic carbocycles. The van der Waals surface area contributed by atoms with Gasteiger partial charge >= 0.3 is 6.18 Å². The number of amides is 1. The maximum atomic E-state index is 12.7. The van der Waals surface area contributed by atoms with Crippen molar-refractivity contribution in [1.29, 1.82) is 0 Å². The summed E-state index contributed by atoms with van der Waals surface area (Å²) < 4.78 is 39.2. The molecule has 164 valence electrons. The molecule has 3 aromatic rings. The van der Waals surface area contributed by atoms with Gasteiger partial charge < -0.3 is 4.90 Å². The van der Waals surface area contributed by atoms with Gasteiger partial charge in [-0.1, -0.05) is 17.7 Å². The number of carbonyl (C=O) groups is 1. The van der Waals surface area contributed by atoms with E-state index in [1.807, 2.05) is 13.0 Å². The zero-order valence-corrected chi connectivity index (χ0v) is 18.1. The van der Waals surface area contributed by atoms with Crippen LogP contribution in [-0.2, 0) is 16.7 Å². The largest absolute Gasteiger partial charge is 0.433 e. The molecular formula is C20H19ClF3N5OS. The van der Waals surface area contributed by atoms with Crippen molar-refractivity contribution in [1.82, 2.24) is 19.7 Å². The highest BCUT2D eigenvalue weighted by molar-refractivity contribution is 7.98. The van der Waals surface area contributed by atoms with E-state index < -0.39 is 11.9 Å². The van der Waals surface area contributed by atoms with Gasteiger partial charge in [0.1, 0.15) is 11.4 Å². The van der Waals surface area contributed by atoms with Crippen LogP contribution in [0.25, 0.3) is 5.69 Å². The van der Waals surface area contributed by atoms with Crippen molar-refractivity contribution in [2.24, 2.45) is 0 Å². The van der Waals surface area contributed by atoms with Gasteiger partial charge in [0.2, 0.25) is 5.91 Å². The molecule has 0 aliphatic rings. The van der Waals surface area contributed by atoms with Gasteiger partial charge in [-0.15, -0.1) is 0 Å². The number of anilines is 1. The van der Waals surface area contributed by atoms with E-state index in [4.69, 9.17) is 11.6 Å². The molecule has 31 heavy (non-hydrogen) atoms. The van der Waals surface area contributed by atoms with Gasteiger partial charge in [0.15, 0.2) is 5.15 Å². The zero-order chi connectivity index (χ0) is 22.4. The lowest BCUT2D eigenvalue weighted by Crippen LogP contribution is -2.30. The van der Waals surface area contributed by atoms with Crippen LogP contribution >= 0.6 is 23.4 Å². The third-order valence-electron chi connectivity index (χ3n) is 4.31. The van der Waals surface area contributed by atoms with Crippen LogP contribution in [0.3, 0.4) is 0 Å². The second kappa shape index (κ2) is 10.1. The molecular weight excluding hydrogens is 451 g/mol. The number of thioether (sulfide) groups is 1. The van der Waals surface area contributed by atoms with Crippen LogP contribution in [0.15, 0.2) is 49.1 Å². The summed E-state index contributed by atoms with van der Waals surface area (Å²) in [5.74, 6) is 0.850. The topological polar surface area (TPSA) is 63.9 Å². The SMILES string of the molecule is CCN(C(=O)CCSCc1ccc(C(F)(F)F)nc1)c1cn(-c2cccnc2)nc1Cl. The van der Waals surface area contributed by atoms with Crippen molar-refractivity contribution in [3.63, 3.8) is 0 Å². The fraction of sp³-hybridized carbons (Fsp3) is 0.300. The molecule has 0 aromatic carbocycles. The van der Waals surface area contributed by atoms with E-state index in [1.54, 1.807) is 34.2 Å². The van der Waals surface area contributed by atoms with E-state index in [0.717, 1.165) is 11.8 Å². The second-order valence-corrected chi connectivity index (χ2v) is 7.91. The number of halogens is 4. The summed E-state index contributed by atoms with van der Waals surface area (Å²) >= 11 is 7.71. The Bertz CT molecular complexity index is 1010. The van der Waals surface area contributed by atoms with Gasteiger partial charge in [0.05, 0.1) is 18.1 Å². The molecule has 1 amide bonds. The molecule has 0 unspecified atom stereocenters. The van der Waals surface area contributed by atoms with Gasteiger partial charge in [-0.3, -0.25) is 14.8 Å². The summed E-state index contributed by atoms with van der Waals surface area (Å²) in [4.78, 5) is 21.7. The maximum Gasteiger partial charge on any atom is 0.433 e. The molecule has 3 rings (SSSR count). The van der Waals surface area contributed by atoms with Crippen LogP contribution in [0.2, 0.25) is 5.15 Å². The van der Waals surface area contributed by atoms with Crippen molar-refractivity contribution < 1.29 is 18.0 Å². The minimum atomic E-state index is -4.45. The molecule has 0 aliphatic heterocycles. The summed E-state index contributed by atoms with van der Waals surface area (Å²) in [5.41, 5.74) is 0.979. The lowest BCUT2D eigenvalue weighted by Gasteiger charge is -2.19. The van der Waals surface area contributed by atoms with Gasteiger partial charge in [-0.2, -0.15) is 30.0 Å². The Hall–Kier alpha value is -2.59. The van der Waals surface area contributed by atoms with Gasteiger partial charge in [-0.05, 0) is 30.7 Å². The van der Waals surface area contributed by atoms with E-state index >= 15 is 0 Å². The Kier molecular flexibility index (Phi) is 7.55. The van der Waals surface area contributed by atoms with Crippen molar-refractivity contribution in [2.45, 2.75) is 25.3 Å². The summed E-state index contributed by atoms with van der Waals surface area (Å²) in [6, 6.07) is 5.96. The van der Waals surface area contributed by atoms with Crippen molar-refractivity contribution in [2.75, 3.05) is 17.2 Å². The van der Waals surface area contributed by atoms with Crippen LogP contribution in [0.5, 0.6) is 0 Å². The lowest BCUT2D eigenvalue weighted by molar-refractivity contribution is -0.141. The summed E-state index contributed by atoms with van der Waals surface area (Å²) in [5, 5.41) is 4.46. The number of hydrogen-bond donors (Lipinski definition) is 0. The molecule has 3 heterocycles. The average Bonchev–Trinajstić information content (AvgIpc) is 3.13. The minimum absolute atomic E-state index is 0.117. The first-order chi connectivity index (χ1) is 14.8. The quantitative estimate of drug-likeness (QED) is 0.434. The first kappa shape index (κ1) is 23.1. The molecule has 3 aromatic heterocycles. The normalized spacial score (nSPS) is 11.5. The number of alkyl halides is 3. The monoisotopic (exact) mass is 469 g/mol. The van der Waals surface area contributed by atoms with E-state index in [9.17, 15) is 18.0 Å². The number of nitrogens with zero attached hydrogens (tertiary/aromatic N) is 5. The van der Waals surface area contributed by atoms with Crippen molar-refractivity contribution in [3.8, 4) is 5.69 Å². The molecule has 0 N–H and O–H groups in total. The predicted octanol–water partition coefficient (Wildman–Crippen LogP) is 5.01. The highest BCUT2D eigenvalue weighted by Crippen LogP contribution is 2.28. The van der Waals surface area contributed by atoms with Crippen LogP contribution in [0, 0.1) is 0 Å². The number of pyridine rings is 2. The van der Waals surface area contributed by atoms with Gasteiger partial charge in [0, 0.05) is 36.9 Å². The molecule has 0 saturated carbocycles. The second-order valence-electron chi connectivity index (χ2n) is 6.45. The van der Waals surface area contributed by atoms with Crippen LogP contribution in [-0.4, -0.2) is 38.0 Å². The standard InChI is InChI=1S/C20H19ClF3N5OS/c1-2-28(16-12-29(27-19(16)21)15-4-3-8-25-11-15)18(30)7-9-31-13-14-5-6-17(26-10-14)20(22,23)24/h3-6,8,10-12H,2,7,9,13H2,1H3. The Balaban J connectivity index is 1.55. The fourth-order valence-electron chi connectivity index (χ4n) is 2.79. The molecule has 6 nitrogen and oxygen atoms in total. The highest BCUT2D eigenvalue weighted by atomic mass is 35.5. The lowest BCUT2D eigenvalue weighted by atomic mass is 10.3. The molecule has 0 atom stereocenters. The number of aromatic nitrogens is 4. The summed E-state index contributed by atoms with van der Waals surface area (Å²) in [6.45, 7) is 2.27. The third-order valence-corrected chi connectivity index (χ3v) is 5.61. The Morgan fingerprint density at radius 3 is 2.68 bits per heavy atom. The smallest absolute Gasteiger partial charge is 0.308 e. The molecule has 0 fully saturated rings. The Morgan fingerprint density at radius 1 is 1.26 bits per heavy atom. The predicted molar refractivity (Wildman–Crippen MR) is 114 cm³/mol. The minimum Gasteiger partial charge on any atom is -0.308 e. The molecule has 0 spiro atoms. The van der Waals surface area contributed by atoms with E-state index in [1.165, 1.54) is 24.0 Å². The average molecular weight is 470 g/mol. The number of hydrogen-bond acceptors (Lipinski definition) is 5.